The van der Waals surface area contributed by atoms with Crippen LogP contribution >= 0.6 is 0 Å². The number of esters is 1. The van der Waals surface area contributed by atoms with E-state index in [0.29, 0.717) is 28.5 Å². The van der Waals surface area contributed by atoms with Crippen molar-refractivity contribution >= 4 is 40.1 Å². The third-order valence-electron chi connectivity index (χ3n) is 5.68. The molecule has 2 aromatic rings. The van der Waals surface area contributed by atoms with Gasteiger partial charge in [0.25, 0.3) is 0 Å². The minimum Gasteiger partial charge on any atom is -0.464 e. The van der Waals surface area contributed by atoms with Crippen LogP contribution in [-0.2, 0) is 14.3 Å². The molecule has 8 heteroatoms. The number of hydrogen-bond acceptors (Lipinski definition) is 7. The third-order valence-corrected chi connectivity index (χ3v) is 5.68. The number of carbonyl (C=O) groups excluding carboxylic acids is 3. The van der Waals surface area contributed by atoms with Gasteiger partial charge in [0, 0.05) is 35.2 Å². The molecule has 0 aromatic carbocycles. The van der Waals surface area contributed by atoms with Gasteiger partial charge >= 0.3 is 12.1 Å². The van der Waals surface area contributed by atoms with Gasteiger partial charge in [-0.2, -0.15) is 0 Å². The number of hydrogen-bond donors (Lipinski definition) is 1. The van der Waals surface area contributed by atoms with Crippen molar-refractivity contribution in [2.24, 2.45) is 0 Å². The van der Waals surface area contributed by atoms with Crippen LogP contribution in [0.4, 0.5) is 10.6 Å². The Bertz CT molecular complexity index is 1300. The van der Waals surface area contributed by atoms with Crippen LogP contribution in [0.3, 0.4) is 0 Å². The number of pyridine rings is 2. The van der Waals surface area contributed by atoms with Gasteiger partial charge in [0.2, 0.25) is 0 Å². The fourth-order valence-electron chi connectivity index (χ4n) is 3.71. The number of fused-ring (bicyclic) bond motifs is 1. The lowest BCUT2D eigenvalue weighted by Gasteiger charge is -2.19. The van der Waals surface area contributed by atoms with Crippen LogP contribution in [0.5, 0.6) is 0 Å². The lowest BCUT2D eigenvalue weighted by molar-refractivity contribution is -0.115. The zero-order chi connectivity index (χ0) is 27.9. The number of allylic oxidation sites excluding steroid dienone is 6. The van der Waals surface area contributed by atoms with Gasteiger partial charge in [-0.25, -0.2) is 19.6 Å². The summed E-state index contributed by atoms with van der Waals surface area (Å²) < 4.78 is 10.3. The Hall–Kier alpha value is -3.81. The summed E-state index contributed by atoms with van der Waals surface area (Å²) in [6, 6.07) is 3.38. The zero-order valence-electron chi connectivity index (χ0n) is 23.2. The Kier molecular flexibility index (Phi) is 9.88. The first-order chi connectivity index (χ1) is 17.3. The second-order valence-corrected chi connectivity index (χ2v) is 9.62. The van der Waals surface area contributed by atoms with Crippen LogP contribution in [0.1, 0.15) is 84.3 Å². The zero-order valence-corrected chi connectivity index (χ0v) is 23.2. The first-order valence-corrected chi connectivity index (χ1v) is 12.3. The summed E-state index contributed by atoms with van der Waals surface area (Å²) in [6.07, 6.45) is 5.83. The second-order valence-electron chi connectivity index (χ2n) is 9.62. The average Bonchev–Trinajstić information content (AvgIpc) is 2.84. The first-order valence-electron chi connectivity index (χ1n) is 12.3. The molecule has 1 amide bonds. The molecule has 2 heterocycles. The topological polar surface area (TPSA) is 107 Å². The Morgan fingerprint density at radius 1 is 1.08 bits per heavy atom. The fraction of sp³-hybridized carbons (Fsp3) is 0.414. The average molecular weight is 508 g/mol. The largest absolute Gasteiger partial charge is 0.464 e. The van der Waals surface area contributed by atoms with E-state index in [-0.39, 0.29) is 17.3 Å². The molecule has 37 heavy (non-hydrogen) atoms. The van der Waals surface area contributed by atoms with Crippen LogP contribution in [0.2, 0.25) is 0 Å². The number of amides is 1. The molecule has 0 bridgehead atoms. The second kappa shape index (κ2) is 12.4. The lowest BCUT2D eigenvalue weighted by atomic mass is 9.92. The fourth-order valence-corrected chi connectivity index (χ4v) is 3.71. The molecule has 0 radical (unpaired) electrons. The highest BCUT2D eigenvalue weighted by molar-refractivity contribution is 6.02. The third kappa shape index (κ3) is 7.59. The van der Waals surface area contributed by atoms with Crippen molar-refractivity contribution in [2.45, 2.75) is 73.8 Å². The molecule has 0 unspecified atom stereocenters. The first kappa shape index (κ1) is 29.4. The summed E-state index contributed by atoms with van der Waals surface area (Å²) in [5.74, 6) is -0.302. The van der Waals surface area contributed by atoms with Crippen LogP contribution in [-0.4, -0.2) is 40.5 Å². The highest BCUT2D eigenvalue weighted by atomic mass is 16.6. The molecule has 2 aromatic heterocycles. The Morgan fingerprint density at radius 2 is 1.76 bits per heavy atom. The maximum absolute atomic E-state index is 12.8. The van der Waals surface area contributed by atoms with Crippen molar-refractivity contribution < 1.29 is 23.9 Å². The standard InChI is InChI=1S/C29H37N3O5/c1-10-17(4)21(24(33)12-3)13-18(5)20(11-2)22-14-19-16-30-25(32-28(35)37-29(6,7)8)15-23(19)31-26(22)27(34)36-9/h11,13-16H,10,12H2,1-9H3,(H,30,32,35)/b18-13-,20-11+,21-17-. The number of anilines is 1. The molecule has 198 valence electrons. The van der Waals surface area contributed by atoms with Gasteiger partial charge in [0.05, 0.1) is 12.6 Å². The number of carbonyl (C=O) groups is 3. The number of rotatable bonds is 8. The molecule has 1 N–H and O–H groups in total. The van der Waals surface area contributed by atoms with E-state index in [9.17, 15) is 14.4 Å². The summed E-state index contributed by atoms with van der Waals surface area (Å²) in [7, 11) is 1.30. The molecule has 0 aliphatic heterocycles. The molecule has 0 saturated heterocycles. The SMILES string of the molecule is C\C=C(/C(C)=C\C(C(=O)CC)=C(/C)CC)c1cc2cnc(NC(=O)OC(C)(C)C)cc2nc1C(=O)OC. The molecule has 0 saturated carbocycles. The number of methoxy groups -OCH3 is 1. The van der Waals surface area contributed by atoms with Gasteiger partial charge in [-0.3, -0.25) is 10.1 Å². The Morgan fingerprint density at radius 3 is 2.30 bits per heavy atom. The van der Waals surface area contributed by atoms with Crippen molar-refractivity contribution in [3.05, 3.63) is 58.5 Å². The number of ether oxygens (including phenoxy) is 2. The van der Waals surface area contributed by atoms with Crippen LogP contribution in [0.25, 0.3) is 16.5 Å². The van der Waals surface area contributed by atoms with E-state index >= 15 is 0 Å². The number of Topliss-reactive ketones (excluding diaryl/α,β-unsaturated/α-hetero) is 1. The van der Waals surface area contributed by atoms with Gasteiger partial charge in [0.1, 0.15) is 11.4 Å². The normalized spacial score (nSPS) is 13.2. The van der Waals surface area contributed by atoms with Crippen molar-refractivity contribution in [1.82, 2.24) is 9.97 Å². The summed E-state index contributed by atoms with van der Waals surface area (Å²) in [6.45, 7) is 14.9. The van der Waals surface area contributed by atoms with Crippen LogP contribution < -0.4 is 5.32 Å². The van der Waals surface area contributed by atoms with Gasteiger partial charge in [-0.15, -0.1) is 0 Å². The summed E-state index contributed by atoms with van der Waals surface area (Å²) >= 11 is 0. The lowest BCUT2D eigenvalue weighted by Crippen LogP contribution is -2.27. The summed E-state index contributed by atoms with van der Waals surface area (Å²) in [5.41, 5.74) is 3.70. The number of nitrogens with zero attached hydrogens (tertiary/aromatic N) is 2. The molecule has 0 atom stereocenters. The molecule has 0 aliphatic rings. The molecule has 8 nitrogen and oxygen atoms in total. The monoisotopic (exact) mass is 507 g/mol. The molecule has 0 fully saturated rings. The smallest absolute Gasteiger partial charge is 0.413 e. The van der Waals surface area contributed by atoms with Crippen LogP contribution in [0, 0.1) is 0 Å². The van der Waals surface area contributed by atoms with Gasteiger partial charge in [-0.05, 0) is 71.3 Å². The highest BCUT2D eigenvalue weighted by Crippen LogP contribution is 2.31. The predicted molar refractivity (Wildman–Crippen MR) is 146 cm³/mol. The molecule has 0 spiro atoms. The molecule has 0 aliphatic carbocycles. The van der Waals surface area contributed by atoms with E-state index in [1.165, 1.54) is 7.11 Å². The van der Waals surface area contributed by atoms with E-state index < -0.39 is 17.7 Å². The van der Waals surface area contributed by atoms with Crippen molar-refractivity contribution in [2.75, 3.05) is 12.4 Å². The maximum atomic E-state index is 12.8. The van der Waals surface area contributed by atoms with Crippen molar-refractivity contribution in [3.8, 4) is 0 Å². The van der Waals surface area contributed by atoms with Crippen LogP contribution in [0.15, 0.2) is 47.2 Å². The van der Waals surface area contributed by atoms with E-state index in [1.54, 1.807) is 33.0 Å². The summed E-state index contributed by atoms with van der Waals surface area (Å²) in [4.78, 5) is 46.4. The van der Waals surface area contributed by atoms with E-state index in [1.807, 2.05) is 52.8 Å². The van der Waals surface area contributed by atoms with Crippen molar-refractivity contribution in [3.63, 3.8) is 0 Å². The molecular formula is C29H37N3O5. The van der Waals surface area contributed by atoms with Gasteiger partial charge in [-0.1, -0.05) is 25.5 Å². The van der Waals surface area contributed by atoms with Gasteiger partial charge in [0.15, 0.2) is 11.5 Å². The minimum absolute atomic E-state index is 0.0631. The highest BCUT2D eigenvalue weighted by Gasteiger charge is 2.21. The van der Waals surface area contributed by atoms with Gasteiger partial charge < -0.3 is 9.47 Å². The van der Waals surface area contributed by atoms with E-state index in [2.05, 4.69) is 15.3 Å². The Balaban J connectivity index is 2.63. The number of ketones is 1. The maximum Gasteiger partial charge on any atom is 0.413 e. The summed E-state index contributed by atoms with van der Waals surface area (Å²) in [5, 5.41) is 3.25. The van der Waals surface area contributed by atoms with E-state index in [0.717, 1.165) is 23.1 Å². The number of aromatic nitrogens is 2. The predicted octanol–water partition coefficient (Wildman–Crippen LogP) is 6.82. The number of nitrogens with one attached hydrogen (secondary N) is 1. The Labute approximate surface area is 218 Å². The minimum atomic E-state index is -0.660. The quantitative estimate of drug-likeness (QED) is 0.237. The van der Waals surface area contributed by atoms with E-state index in [4.69, 9.17) is 9.47 Å². The molecular weight excluding hydrogens is 470 g/mol. The van der Waals surface area contributed by atoms with Crippen molar-refractivity contribution in [1.29, 1.82) is 0 Å². The molecule has 2 rings (SSSR count).